The van der Waals surface area contributed by atoms with E-state index in [2.05, 4.69) is 5.32 Å². The summed E-state index contributed by atoms with van der Waals surface area (Å²) >= 11 is 0. The summed E-state index contributed by atoms with van der Waals surface area (Å²) in [5.74, 6) is -0.337. The molecule has 0 aliphatic carbocycles. The van der Waals surface area contributed by atoms with Gasteiger partial charge in [-0.1, -0.05) is 48.5 Å². The van der Waals surface area contributed by atoms with Crippen LogP contribution in [0.1, 0.15) is 11.1 Å². The molecule has 0 bridgehead atoms. The molecule has 3 rings (SSSR count). The van der Waals surface area contributed by atoms with Crippen LogP contribution in [-0.4, -0.2) is 10.8 Å². The Kier molecular flexibility index (Phi) is 4.57. The molecule has 1 N–H and O–H groups in total. The molecule has 0 saturated heterocycles. The van der Waals surface area contributed by atoms with Gasteiger partial charge in [0, 0.05) is 12.1 Å². The largest absolute Gasteiger partial charge is 0.322 e. The number of rotatable bonds is 4. The first kappa shape index (κ1) is 16.4. The van der Waals surface area contributed by atoms with Crippen molar-refractivity contribution >= 4 is 34.1 Å². The van der Waals surface area contributed by atoms with E-state index in [0.29, 0.717) is 11.3 Å². The number of nitro groups is 1. The monoisotopic (exact) mass is 332 g/mol. The molecule has 0 atom stereocenters. The molecule has 0 radical (unpaired) electrons. The fraction of sp³-hybridized carbons (Fsp3) is 0.0500. The topological polar surface area (TPSA) is 72.2 Å². The van der Waals surface area contributed by atoms with Gasteiger partial charge in [-0.05, 0) is 35.4 Å². The van der Waals surface area contributed by atoms with Gasteiger partial charge < -0.3 is 5.32 Å². The van der Waals surface area contributed by atoms with Crippen LogP contribution in [0.4, 0.5) is 11.4 Å². The molecule has 124 valence electrons. The number of amides is 1. The van der Waals surface area contributed by atoms with Crippen LogP contribution >= 0.6 is 0 Å². The van der Waals surface area contributed by atoms with Crippen molar-refractivity contribution < 1.29 is 9.72 Å². The molecule has 25 heavy (non-hydrogen) atoms. The molecule has 0 fully saturated rings. The molecule has 1 amide bonds. The fourth-order valence-corrected chi connectivity index (χ4v) is 2.69. The molecule has 0 unspecified atom stereocenters. The van der Waals surface area contributed by atoms with Crippen LogP contribution in [0, 0.1) is 17.0 Å². The van der Waals surface area contributed by atoms with Crippen LogP contribution in [0.3, 0.4) is 0 Å². The second-order valence-corrected chi connectivity index (χ2v) is 5.60. The standard InChI is InChI=1S/C20H16N2O3/c1-14-18(10-5-11-19(14)22(24)25)21-20(23)13-12-16-8-4-7-15-6-2-3-9-17(15)16/h2-13H,1H3,(H,21,23). The number of benzene rings is 3. The first-order chi connectivity index (χ1) is 12.1. The number of nitro benzene ring substituents is 1. The van der Waals surface area contributed by atoms with Gasteiger partial charge in [0.2, 0.25) is 5.91 Å². The summed E-state index contributed by atoms with van der Waals surface area (Å²) in [5, 5.41) is 15.8. The van der Waals surface area contributed by atoms with Crippen molar-refractivity contribution in [3.63, 3.8) is 0 Å². The van der Waals surface area contributed by atoms with Gasteiger partial charge in [-0.2, -0.15) is 0 Å². The van der Waals surface area contributed by atoms with Crippen molar-refractivity contribution in [3.05, 3.63) is 88.0 Å². The summed E-state index contributed by atoms with van der Waals surface area (Å²) in [6.07, 6.45) is 3.17. The van der Waals surface area contributed by atoms with E-state index in [0.717, 1.165) is 16.3 Å². The molecule has 3 aromatic rings. The van der Waals surface area contributed by atoms with E-state index in [-0.39, 0.29) is 11.6 Å². The molecule has 0 saturated carbocycles. The first-order valence-electron chi connectivity index (χ1n) is 7.77. The van der Waals surface area contributed by atoms with Crippen molar-refractivity contribution in [1.29, 1.82) is 0 Å². The number of nitrogens with one attached hydrogen (secondary N) is 1. The van der Waals surface area contributed by atoms with E-state index in [1.54, 1.807) is 25.1 Å². The molecule has 0 aromatic heterocycles. The van der Waals surface area contributed by atoms with Gasteiger partial charge in [0.15, 0.2) is 0 Å². The lowest BCUT2D eigenvalue weighted by Crippen LogP contribution is -2.09. The average Bonchev–Trinajstić information content (AvgIpc) is 2.61. The molecular formula is C20H16N2O3. The van der Waals surface area contributed by atoms with E-state index in [9.17, 15) is 14.9 Å². The zero-order valence-electron chi connectivity index (χ0n) is 13.6. The molecule has 5 heteroatoms. The zero-order valence-corrected chi connectivity index (χ0v) is 13.6. The first-order valence-corrected chi connectivity index (χ1v) is 7.77. The third-order valence-electron chi connectivity index (χ3n) is 4.00. The van der Waals surface area contributed by atoms with E-state index in [1.807, 2.05) is 42.5 Å². The van der Waals surface area contributed by atoms with Crippen molar-refractivity contribution in [2.24, 2.45) is 0 Å². The summed E-state index contributed by atoms with van der Waals surface area (Å²) in [5.41, 5.74) is 1.78. The van der Waals surface area contributed by atoms with Gasteiger partial charge in [-0.3, -0.25) is 14.9 Å². The van der Waals surface area contributed by atoms with Gasteiger partial charge in [-0.15, -0.1) is 0 Å². The lowest BCUT2D eigenvalue weighted by atomic mass is 10.0. The number of carbonyl (C=O) groups excluding carboxylic acids is 1. The molecule has 0 aliphatic rings. The third kappa shape index (κ3) is 3.55. The quantitative estimate of drug-likeness (QED) is 0.427. The van der Waals surface area contributed by atoms with Gasteiger partial charge in [-0.25, -0.2) is 0 Å². The lowest BCUT2D eigenvalue weighted by Gasteiger charge is -2.06. The van der Waals surface area contributed by atoms with E-state index >= 15 is 0 Å². The number of carbonyl (C=O) groups is 1. The minimum Gasteiger partial charge on any atom is -0.322 e. The van der Waals surface area contributed by atoms with Crippen molar-refractivity contribution in [2.75, 3.05) is 5.32 Å². The van der Waals surface area contributed by atoms with Crippen LogP contribution in [-0.2, 0) is 4.79 Å². The Morgan fingerprint density at radius 3 is 2.56 bits per heavy atom. The van der Waals surface area contributed by atoms with Gasteiger partial charge in [0.05, 0.1) is 16.2 Å². The van der Waals surface area contributed by atoms with Gasteiger partial charge in [0.25, 0.3) is 5.69 Å². The molecule has 5 nitrogen and oxygen atoms in total. The maximum absolute atomic E-state index is 12.2. The Balaban J connectivity index is 1.82. The normalized spacial score (nSPS) is 10.9. The Morgan fingerprint density at radius 1 is 1.04 bits per heavy atom. The maximum Gasteiger partial charge on any atom is 0.274 e. The highest BCUT2D eigenvalue weighted by Gasteiger charge is 2.13. The number of nitrogens with zero attached hydrogens (tertiary/aromatic N) is 1. The average molecular weight is 332 g/mol. The summed E-state index contributed by atoms with van der Waals surface area (Å²) < 4.78 is 0. The second-order valence-electron chi connectivity index (χ2n) is 5.60. The smallest absolute Gasteiger partial charge is 0.274 e. The summed E-state index contributed by atoms with van der Waals surface area (Å²) in [6.45, 7) is 1.61. The van der Waals surface area contributed by atoms with Crippen LogP contribution in [0.2, 0.25) is 0 Å². The molecule has 0 heterocycles. The minimum absolute atomic E-state index is 0.0177. The summed E-state index contributed by atoms with van der Waals surface area (Å²) in [4.78, 5) is 22.7. The van der Waals surface area contributed by atoms with Crippen LogP contribution in [0.25, 0.3) is 16.8 Å². The summed E-state index contributed by atoms with van der Waals surface area (Å²) in [6, 6.07) is 18.4. The minimum atomic E-state index is -0.461. The Labute approximate surface area is 144 Å². The molecule has 3 aromatic carbocycles. The number of anilines is 1. The fourth-order valence-electron chi connectivity index (χ4n) is 2.69. The Bertz CT molecular complexity index is 988. The van der Waals surface area contributed by atoms with Gasteiger partial charge >= 0.3 is 0 Å². The number of hydrogen-bond donors (Lipinski definition) is 1. The van der Waals surface area contributed by atoms with E-state index in [4.69, 9.17) is 0 Å². The second kappa shape index (κ2) is 6.97. The number of fused-ring (bicyclic) bond motifs is 1. The SMILES string of the molecule is Cc1c(NC(=O)C=Cc2cccc3ccccc23)cccc1[N+](=O)[O-]. The molecule has 0 aliphatic heterocycles. The summed E-state index contributed by atoms with van der Waals surface area (Å²) in [7, 11) is 0. The zero-order chi connectivity index (χ0) is 17.8. The highest BCUT2D eigenvalue weighted by molar-refractivity contribution is 6.04. The Morgan fingerprint density at radius 2 is 1.76 bits per heavy atom. The van der Waals surface area contributed by atoms with Gasteiger partial charge in [0.1, 0.15) is 0 Å². The number of hydrogen-bond acceptors (Lipinski definition) is 3. The molecular weight excluding hydrogens is 316 g/mol. The Hall–Kier alpha value is -3.47. The predicted molar refractivity (Wildman–Crippen MR) is 99.4 cm³/mol. The predicted octanol–water partition coefficient (Wildman–Crippen LogP) is 4.71. The van der Waals surface area contributed by atoms with Crippen LogP contribution < -0.4 is 5.32 Å². The van der Waals surface area contributed by atoms with Crippen molar-refractivity contribution in [2.45, 2.75) is 6.92 Å². The lowest BCUT2D eigenvalue weighted by molar-refractivity contribution is -0.385. The maximum atomic E-state index is 12.2. The van der Waals surface area contributed by atoms with Crippen molar-refractivity contribution in [1.82, 2.24) is 0 Å². The highest BCUT2D eigenvalue weighted by Crippen LogP contribution is 2.25. The van der Waals surface area contributed by atoms with Crippen LogP contribution in [0.15, 0.2) is 66.7 Å². The third-order valence-corrected chi connectivity index (χ3v) is 4.00. The van der Waals surface area contributed by atoms with E-state index in [1.165, 1.54) is 12.1 Å². The highest BCUT2D eigenvalue weighted by atomic mass is 16.6. The van der Waals surface area contributed by atoms with Crippen molar-refractivity contribution in [3.8, 4) is 0 Å². The molecule has 0 spiro atoms. The van der Waals surface area contributed by atoms with Crippen LogP contribution in [0.5, 0.6) is 0 Å². The van der Waals surface area contributed by atoms with E-state index < -0.39 is 4.92 Å².